The van der Waals surface area contributed by atoms with Gasteiger partial charge in [-0.3, -0.25) is 0 Å². The van der Waals surface area contributed by atoms with Gasteiger partial charge in [-0.15, -0.1) is 0 Å². The van der Waals surface area contributed by atoms with Gasteiger partial charge in [0, 0.05) is 0 Å². The zero-order chi connectivity index (χ0) is 20.8. The number of nitrogens with zero attached hydrogens (tertiary/aromatic N) is 1. The highest BCUT2D eigenvalue weighted by Gasteiger charge is 2.55. The SMILES string of the molecule is COc1ccc(CC#N)cc1.O=S(=O)(NS(=O)(=O)C(F)(F)F)C(F)(F)F. The first-order valence-corrected chi connectivity index (χ1v) is 8.95. The fraction of sp³-hybridized carbons (Fsp3) is 0.364. The smallest absolute Gasteiger partial charge is 0.497 e. The lowest BCUT2D eigenvalue weighted by Crippen LogP contribution is -2.45. The molecule has 7 nitrogen and oxygen atoms in total. The molecule has 0 fully saturated rings. The quantitative estimate of drug-likeness (QED) is 0.735. The van der Waals surface area contributed by atoms with Crippen molar-refractivity contribution in [2.24, 2.45) is 0 Å². The summed E-state index contributed by atoms with van der Waals surface area (Å²) < 4.78 is 113. The molecule has 15 heteroatoms. The van der Waals surface area contributed by atoms with Gasteiger partial charge in [-0.1, -0.05) is 16.3 Å². The van der Waals surface area contributed by atoms with E-state index in [1.165, 1.54) is 0 Å². The lowest BCUT2D eigenvalue weighted by Gasteiger charge is -2.11. The van der Waals surface area contributed by atoms with Crippen molar-refractivity contribution in [3.05, 3.63) is 29.8 Å². The number of halogens is 6. The number of methoxy groups -OCH3 is 1. The summed E-state index contributed by atoms with van der Waals surface area (Å²) in [6, 6.07) is 9.57. The van der Waals surface area contributed by atoms with E-state index in [4.69, 9.17) is 10.00 Å². The molecular formula is C11H10F6N2O5S2. The van der Waals surface area contributed by atoms with Gasteiger partial charge in [-0.2, -0.15) is 31.6 Å². The minimum atomic E-state index is -6.60. The lowest BCUT2D eigenvalue weighted by molar-refractivity contribution is -0.0476. The van der Waals surface area contributed by atoms with Crippen molar-refractivity contribution in [3.8, 4) is 11.8 Å². The number of hydrogen-bond acceptors (Lipinski definition) is 6. The molecular weight excluding hydrogens is 418 g/mol. The predicted octanol–water partition coefficient (Wildman–Crippen LogP) is 2.04. The fourth-order valence-electron chi connectivity index (χ4n) is 1.07. The molecule has 1 rings (SSSR count). The first-order valence-electron chi connectivity index (χ1n) is 5.98. The summed E-state index contributed by atoms with van der Waals surface area (Å²) in [5.74, 6) is 0.826. The third kappa shape index (κ3) is 7.06. The lowest BCUT2D eigenvalue weighted by atomic mass is 10.2. The highest BCUT2D eigenvalue weighted by Crippen LogP contribution is 2.27. The highest BCUT2D eigenvalue weighted by atomic mass is 32.3. The van der Waals surface area contributed by atoms with Gasteiger partial charge < -0.3 is 4.74 Å². The number of benzene rings is 1. The van der Waals surface area contributed by atoms with Crippen molar-refractivity contribution >= 4 is 20.0 Å². The second-order valence-electron chi connectivity index (χ2n) is 4.16. The van der Waals surface area contributed by atoms with Crippen LogP contribution >= 0.6 is 0 Å². The molecule has 1 aromatic rings. The van der Waals surface area contributed by atoms with Crippen molar-refractivity contribution in [2.45, 2.75) is 17.4 Å². The van der Waals surface area contributed by atoms with Crippen LogP contribution in [0.5, 0.6) is 5.75 Å². The summed E-state index contributed by atoms with van der Waals surface area (Å²) in [4.78, 5) is 0. The molecule has 1 aromatic carbocycles. The second-order valence-corrected chi connectivity index (χ2v) is 7.77. The number of hydrogen-bond donors (Lipinski definition) is 1. The zero-order valence-electron chi connectivity index (χ0n) is 12.6. The van der Waals surface area contributed by atoms with Crippen molar-refractivity contribution in [1.29, 1.82) is 5.26 Å². The van der Waals surface area contributed by atoms with E-state index in [-0.39, 0.29) is 0 Å². The molecule has 0 spiro atoms. The van der Waals surface area contributed by atoms with Crippen LogP contribution in [0.25, 0.3) is 0 Å². The highest BCUT2D eigenvalue weighted by molar-refractivity contribution is 8.05. The van der Waals surface area contributed by atoms with Crippen LogP contribution < -0.4 is 8.86 Å². The van der Waals surface area contributed by atoms with E-state index in [0.29, 0.717) is 6.42 Å². The topological polar surface area (TPSA) is 113 Å². The van der Waals surface area contributed by atoms with Crippen LogP contribution in [0, 0.1) is 11.3 Å². The normalized spacial score (nSPS) is 12.5. The maximum atomic E-state index is 11.5. The van der Waals surface area contributed by atoms with Gasteiger partial charge in [0.2, 0.25) is 0 Å². The molecule has 0 radical (unpaired) electrons. The number of nitrogens with one attached hydrogen (secondary N) is 1. The van der Waals surface area contributed by atoms with Crippen molar-refractivity contribution in [3.63, 3.8) is 0 Å². The van der Waals surface area contributed by atoms with Crippen LogP contribution in [0.15, 0.2) is 24.3 Å². The Morgan fingerprint density at radius 1 is 0.962 bits per heavy atom. The Bertz CT molecular complexity index is 797. The molecule has 0 aliphatic rings. The van der Waals surface area contributed by atoms with Crippen LogP contribution in [0.3, 0.4) is 0 Å². The summed E-state index contributed by atoms with van der Waals surface area (Å²) in [5.41, 5.74) is -11.3. The van der Waals surface area contributed by atoms with Gasteiger partial charge in [0.1, 0.15) is 5.75 Å². The Kier molecular flexibility index (Phi) is 7.88. The molecule has 0 amide bonds. The number of alkyl halides is 6. The summed E-state index contributed by atoms with van der Waals surface area (Å²) >= 11 is 0. The molecule has 0 unspecified atom stereocenters. The molecule has 0 aliphatic carbocycles. The number of rotatable bonds is 4. The number of nitriles is 1. The largest absolute Gasteiger partial charge is 0.512 e. The van der Waals surface area contributed by atoms with E-state index in [1.807, 2.05) is 24.3 Å². The van der Waals surface area contributed by atoms with Crippen LogP contribution in [-0.4, -0.2) is 35.0 Å². The van der Waals surface area contributed by atoms with E-state index < -0.39 is 35.2 Å². The summed E-state index contributed by atoms with van der Waals surface area (Å²) in [6.07, 6.45) is 0.462. The number of ether oxygens (including phenoxy) is 1. The average Bonchev–Trinajstić information content (AvgIpc) is 2.45. The maximum absolute atomic E-state index is 11.5. The first-order chi connectivity index (χ1) is 11.6. The summed E-state index contributed by atoms with van der Waals surface area (Å²) in [7, 11) is -11.6. The van der Waals surface area contributed by atoms with Crippen LogP contribution in [0.1, 0.15) is 5.56 Å². The summed E-state index contributed by atoms with van der Waals surface area (Å²) in [5, 5.41) is 8.36. The minimum absolute atomic E-state index is 0.462. The first kappa shape index (κ1) is 23.9. The monoisotopic (exact) mass is 428 g/mol. The van der Waals surface area contributed by atoms with E-state index in [2.05, 4.69) is 6.07 Å². The Balaban J connectivity index is 0.000000502. The van der Waals surface area contributed by atoms with E-state index in [9.17, 15) is 43.2 Å². The van der Waals surface area contributed by atoms with Gasteiger partial charge in [0.25, 0.3) is 0 Å². The van der Waals surface area contributed by atoms with Crippen LogP contribution in [0.2, 0.25) is 0 Å². The minimum Gasteiger partial charge on any atom is -0.497 e. The Morgan fingerprint density at radius 2 is 1.35 bits per heavy atom. The molecule has 0 bridgehead atoms. The maximum Gasteiger partial charge on any atom is 0.512 e. The molecule has 26 heavy (non-hydrogen) atoms. The van der Waals surface area contributed by atoms with Gasteiger partial charge in [-0.05, 0) is 17.7 Å². The number of sulfonamides is 2. The molecule has 0 saturated carbocycles. The molecule has 1 N–H and O–H groups in total. The fourth-order valence-corrected chi connectivity index (χ4v) is 2.98. The third-order valence-electron chi connectivity index (χ3n) is 2.27. The zero-order valence-corrected chi connectivity index (χ0v) is 14.2. The van der Waals surface area contributed by atoms with E-state index in [0.717, 1.165) is 11.3 Å². The van der Waals surface area contributed by atoms with E-state index >= 15 is 0 Å². The molecule has 0 atom stereocenters. The molecule has 148 valence electrons. The van der Waals surface area contributed by atoms with Gasteiger partial charge in [-0.25, -0.2) is 16.8 Å². The molecule has 0 heterocycles. The Labute approximate surface area is 144 Å². The van der Waals surface area contributed by atoms with Crippen LogP contribution in [0.4, 0.5) is 26.3 Å². The van der Waals surface area contributed by atoms with Gasteiger partial charge >= 0.3 is 31.1 Å². The standard InChI is InChI=1S/C9H9NO.C2HF6NO4S2/c1-11-9-4-2-8(3-5-9)6-7-10;3-1(4,5)14(10,11)9-15(12,13)2(6,7)8/h2-5H,6H2,1H3;9H. The molecule has 0 aliphatic heterocycles. The van der Waals surface area contributed by atoms with Crippen molar-refractivity contribution < 1.29 is 47.9 Å². The van der Waals surface area contributed by atoms with E-state index in [1.54, 1.807) is 7.11 Å². The average molecular weight is 428 g/mol. The third-order valence-corrected chi connectivity index (χ3v) is 5.25. The van der Waals surface area contributed by atoms with Gasteiger partial charge in [0.05, 0.1) is 19.6 Å². The second kappa shape index (κ2) is 8.56. The molecule has 0 aromatic heterocycles. The van der Waals surface area contributed by atoms with Crippen molar-refractivity contribution in [1.82, 2.24) is 4.13 Å². The van der Waals surface area contributed by atoms with Crippen LogP contribution in [-0.2, 0) is 26.5 Å². The van der Waals surface area contributed by atoms with Gasteiger partial charge in [0.15, 0.2) is 0 Å². The Hall–Kier alpha value is -2.05. The summed E-state index contributed by atoms with van der Waals surface area (Å²) in [6.45, 7) is 0. The molecule has 0 saturated heterocycles. The Morgan fingerprint density at radius 3 is 1.62 bits per heavy atom. The predicted molar refractivity (Wildman–Crippen MR) is 75.4 cm³/mol. The van der Waals surface area contributed by atoms with Crippen molar-refractivity contribution in [2.75, 3.05) is 7.11 Å².